The van der Waals surface area contributed by atoms with Crippen molar-refractivity contribution in [3.63, 3.8) is 0 Å². The van der Waals surface area contributed by atoms with Gasteiger partial charge in [-0.15, -0.1) is 0 Å². The van der Waals surface area contributed by atoms with Crippen LogP contribution in [0, 0.1) is 5.82 Å². The number of carbonyl (C=O) groups is 1. The summed E-state index contributed by atoms with van der Waals surface area (Å²) in [6, 6.07) is 13.9. The SMILES string of the molecule is O=C(NCc1ccccc1F)C1=C2C=CC=CN2C(c2cccc(Cl)c2)N1. The Morgan fingerprint density at radius 3 is 2.85 bits per heavy atom. The van der Waals surface area contributed by atoms with Crippen molar-refractivity contribution in [3.8, 4) is 0 Å². The summed E-state index contributed by atoms with van der Waals surface area (Å²) < 4.78 is 13.8. The second kappa shape index (κ2) is 7.29. The predicted molar refractivity (Wildman–Crippen MR) is 103 cm³/mol. The average Bonchev–Trinajstić information content (AvgIpc) is 3.07. The van der Waals surface area contributed by atoms with Crippen LogP contribution in [0.25, 0.3) is 0 Å². The van der Waals surface area contributed by atoms with Gasteiger partial charge in [-0.25, -0.2) is 4.39 Å². The number of halogens is 2. The average molecular weight is 382 g/mol. The fraction of sp³-hybridized carbons (Fsp3) is 0.0952. The van der Waals surface area contributed by atoms with Gasteiger partial charge < -0.3 is 15.5 Å². The Bertz CT molecular complexity index is 983. The van der Waals surface area contributed by atoms with Crippen LogP contribution < -0.4 is 10.6 Å². The summed E-state index contributed by atoms with van der Waals surface area (Å²) in [5, 5.41) is 6.68. The van der Waals surface area contributed by atoms with Crippen molar-refractivity contribution in [1.29, 1.82) is 0 Å². The highest BCUT2D eigenvalue weighted by molar-refractivity contribution is 6.30. The van der Waals surface area contributed by atoms with Crippen molar-refractivity contribution in [1.82, 2.24) is 15.5 Å². The summed E-state index contributed by atoms with van der Waals surface area (Å²) in [6.07, 6.45) is 7.32. The van der Waals surface area contributed by atoms with Crippen LogP contribution in [-0.4, -0.2) is 10.8 Å². The highest BCUT2D eigenvalue weighted by atomic mass is 35.5. The molecule has 136 valence electrons. The summed E-state index contributed by atoms with van der Waals surface area (Å²) in [5.74, 6) is -0.628. The van der Waals surface area contributed by atoms with Gasteiger partial charge in [-0.1, -0.05) is 48.0 Å². The molecule has 0 saturated carbocycles. The van der Waals surface area contributed by atoms with Gasteiger partial charge in [-0.3, -0.25) is 4.79 Å². The second-order valence-corrected chi connectivity index (χ2v) is 6.68. The summed E-state index contributed by atoms with van der Waals surface area (Å²) in [4.78, 5) is 14.7. The zero-order valence-corrected chi connectivity index (χ0v) is 15.1. The van der Waals surface area contributed by atoms with Gasteiger partial charge in [0.1, 0.15) is 17.7 Å². The molecule has 0 aromatic heterocycles. The second-order valence-electron chi connectivity index (χ2n) is 6.24. The maximum atomic E-state index is 13.8. The minimum Gasteiger partial charge on any atom is -0.355 e. The van der Waals surface area contributed by atoms with Crippen LogP contribution in [0.2, 0.25) is 5.02 Å². The van der Waals surface area contributed by atoms with Gasteiger partial charge in [0.05, 0.1) is 5.70 Å². The van der Waals surface area contributed by atoms with E-state index in [4.69, 9.17) is 11.6 Å². The zero-order valence-electron chi connectivity index (χ0n) is 14.3. The Kier molecular flexibility index (Phi) is 4.69. The van der Waals surface area contributed by atoms with E-state index in [1.54, 1.807) is 18.2 Å². The van der Waals surface area contributed by atoms with Gasteiger partial charge >= 0.3 is 0 Å². The molecule has 0 spiro atoms. The summed E-state index contributed by atoms with van der Waals surface area (Å²) in [7, 11) is 0. The van der Waals surface area contributed by atoms with E-state index >= 15 is 0 Å². The first-order valence-electron chi connectivity index (χ1n) is 8.54. The Morgan fingerprint density at radius 1 is 1.19 bits per heavy atom. The lowest BCUT2D eigenvalue weighted by Gasteiger charge is -2.26. The molecule has 2 aromatic carbocycles. The molecule has 4 rings (SSSR count). The van der Waals surface area contributed by atoms with Crippen molar-refractivity contribution >= 4 is 17.5 Å². The normalized spacial score (nSPS) is 17.7. The van der Waals surface area contributed by atoms with Crippen LogP contribution in [0.15, 0.2) is 84.4 Å². The number of carbonyl (C=O) groups excluding carboxylic acids is 1. The number of nitrogens with zero attached hydrogens (tertiary/aromatic N) is 1. The minimum absolute atomic E-state index is 0.116. The molecule has 1 unspecified atom stereocenters. The van der Waals surface area contributed by atoms with E-state index in [0.717, 1.165) is 11.3 Å². The number of hydrogen-bond donors (Lipinski definition) is 2. The summed E-state index contributed by atoms with van der Waals surface area (Å²) in [5.41, 5.74) is 2.58. The van der Waals surface area contributed by atoms with Gasteiger partial charge in [-0.2, -0.15) is 0 Å². The largest absolute Gasteiger partial charge is 0.355 e. The highest BCUT2D eigenvalue weighted by Gasteiger charge is 2.33. The first-order valence-corrected chi connectivity index (χ1v) is 8.92. The fourth-order valence-corrected chi connectivity index (χ4v) is 3.38. The molecular weight excluding hydrogens is 365 g/mol. The molecule has 0 fully saturated rings. The fourth-order valence-electron chi connectivity index (χ4n) is 3.18. The third-order valence-corrected chi connectivity index (χ3v) is 4.73. The molecule has 2 aliphatic heterocycles. The van der Waals surface area contributed by atoms with Crippen LogP contribution in [-0.2, 0) is 11.3 Å². The van der Waals surface area contributed by atoms with Crippen molar-refractivity contribution in [2.24, 2.45) is 0 Å². The van der Waals surface area contributed by atoms with E-state index in [1.807, 2.05) is 53.6 Å². The molecule has 2 heterocycles. The number of allylic oxidation sites excluding steroid dienone is 3. The third-order valence-electron chi connectivity index (χ3n) is 4.49. The Labute approximate surface area is 161 Å². The zero-order chi connectivity index (χ0) is 18.8. The molecule has 0 bridgehead atoms. The van der Waals surface area contributed by atoms with E-state index in [1.165, 1.54) is 6.07 Å². The molecule has 6 heteroatoms. The van der Waals surface area contributed by atoms with Gasteiger partial charge in [-0.05, 0) is 35.9 Å². The Hall–Kier alpha value is -3.05. The smallest absolute Gasteiger partial charge is 0.269 e. The van der Waals surface area contributed by atoms with Crippen LogP contribution in [0.5, 0.6) is 0 Å². The van der Waals surface area contributed by atoms with E-state index in [2.05, 4.69) is 10.6 Å². The Balaban J connectivity index is 1.56. The van der Waals surface area contributed by atoms with Crippen molar-refractivity contribution in [3.05, 3.63) is 106 Å². The van der Waals surface area contributed by atoms with Crippen molar-refractivity contribution in [2.75, 3.05) is 0 Å². The molecule has 0 saturated heterocycles. The summed E-state index contributed by atoms with van der Waals surface area (Å²) >= 11 is 6.12. The lowest BCUT2D eigenvalue weighted by Crippen LogP contribution is -2.32. The number of rotatable bonds is 4. The Morgan fingerprint density at radius 2 is 2.04 bits per heavy atom. The monoisotopic (exact) mass is 381 g/mol. The molecule has 4 nitrogen and oxygen atoms in total. The lowest BCUT2D eigenvalue weighted by molar-refractivity contribution is -0.118. The number of amides is 1. The number of benzene rings is 2. The molecule has 2 aliphatic rings. The van der Waals surface area contributed by atoms with E-state index in [-0.39, 0.29) is 24.4 Å². The third kappa shape index (κ3) is 3.46. The molecule has 2 N–H and O–H groups in total. The maximum Gasteiger partial charge on any atom is 0.269 e. The molecule has 27 heavy (non-hydrogen) atoms. The van der Waals surface area contributed by atoms with Crippen LogP contribution in [0.3, 0.4) is 0 Å². The van der Waals surface area contributed by atoms with Gasteiger partial charge in [0, 0.05) is 23.3 Å². The molecular formula is C21H17ClFN3O. The molecule has 1 atom stereocenters. The predicted octanol–water partition coefficient (Wildman–Crippen LogP) is 3.99. The number of nitrogens with one attached hydrogen (secondary N) is 2. The van der Waals surface area contributed by atoms with Crippen LogP contribution in [0.4, 0.5) is 4.39 Å². The van der Waals surface area contributed by atoms with E-state index in [9.17, 15) is 9.18 Å². The topological polar surface area (TPSA) is 44.4 Å². The van der Waals surface area contributed by atoms with E-state index < -0.39 is 0 Å². The first kappa shape index (κ1) is 17.4. The lowest BCUT2D eigenvalue weighted by atomic mass is 10.1. The van der Waals surface area contributed by atoms with Gasteiger partial charge in [0.2, 0.25) is 0 Å². The quantitative estimate of drug-likeness (QED) is 0.841. The minimum atomic E-state index is -0.339. The first-order chi connectivity index (χ1) is 13.1. The van der Waals surface area contributed by atoms with E-state index in [0.29, 0.717) is 16.3 Å². The molecule has 0 aliphatic carbocycles. The van der Waals surface area contributed by atoms with Crippen LogP contribution >= 0.6 is 11.6 Å². The molecule has 0 radical (unpaired) electrons. The molecule has 2 aromatic rings. The number of fused-ring (bicyclic) bond motifs is 1. The highest BCUT2D eigenvalue weighted by Crippen LogP contribution is 2.34. The maximum absolute atomic E-state index is 13.8. The van der Waals surface area contributed by atoms with Gasteiger partial charge in [0.25, 0.3) is 5.91 Å². The molecule has 1 amide bonds. The summed E-state index contributed by atoms with van der Waals surface area (Å²) in [6.45, 7) is 0.116. The van der Waals surface area contributed by atoms with Gasteiger partial charge in [0.15, 0.2) is 0 Å². The van der Waals surface area contributed by atoms with Crippen LogP contribution in [0.1, 0.15) is 17.3 Å². The van der Waals surface area contributed by atoms with Crippen molar-refractivity contribution in [2.45, 2.75) is 12.7 Å². The number of hydrogen-bond acceptors (Lipinski definition) is 3. The van der Waals surface area contributed by atoms with Crippen molar-refractivity contribution < 1.29 is 9.18 Å². The standard InChI is InChI=1S/C21H17ClFN3O/c22-16-8-5-7-14(12-16)20-25-19(18-10-3-4-11-26(18)20)21(27)24-13-15-6-1-2-9-17(15)23/h1-12,20,25H,13H2,(H,24,27).